The Kier molecular flexibility index (Phi) is 11.2. The van der Waals surface area contributed by atoms with Gasteiger partial charge in [0.15, 0.2) is 0 Å². The van der Waals surface area contributed by atoms with Crippen LogP contribution in [-0.2, 0) is 11.2 Å². The van der Waals surface area contributed by atoms with E-state index in [0.29, 0.717) is 11.3 Å². The van der Waals surface area contributed by atoms with Crippen molar-refractivity contribution in [2.45, 2.75) is 84.7 Å². The van der Waals surface area contributed by atoms with Crippen molar-refractivity contribution in [3.8, 4) is 5.75 Å². The molecule has 0 bridgehead atoms. The van der Waals surface area contributed by atoms with Gasteiger partial charge in [-0.2, -0.15) is 0 Å². The summed E-state index contributed by atoms with van der Waals surface area (Å²) in [5, 5.41) is 0. The molecular formula is C27H38O3. The van der Waals surface area contributed by atoms with Crippen molar-refractivity contribution in [1.82, 2.24) is 0 Å². The molecule has 2 aromatic rings. The Bertz CT molecular complexity index is 719. The summed E-state index contributed by atoms with van der Waals surface area (Å²) in [4.78, 5) is 12.4. The topological polar surface area (TPSA) is 35.5 Å². The van der Waals surface area contributed by atoms with Crippen molar-refractivity contribution < 1.29 is 14.3 Å². The molecule has 0 aliphatic heterocycles. The molecule has 0 fully saturated rings. The molecule has 30 heavy (non-hydrogen) atoms. The second kappa shape index (κ2) is 14.0. The average Bonchev–Trinajstić information content (AvgIpc) is 2.77. The predicted molar refractivity (Wildman–Crippen MR) is 124 cm³/mol. The molecule has 0 spiro atoms. The summed E-state index contributed by atoms with van der Waals surface area (Å²) < 4.78 is 11.4. The van der Waals surface area contributed by atoms with Gasteiger partial charge in [-0.3, -0.25) is 0 Å². The molecule has 3 nitrogen and oxygen atoms in total. The largest absolute Gasteiger partial charge is 0.423 e. The third-order valence-electron chi connectivity index (χ3n) is 5.43. The molecule has 0 aromatic heterocycles. The number of esters is 1. The van der Waals surface area contributed by atoms with Gasteiger partial charge < -0.3 is 9.47 Å². The SMILES string of the molecule is CCCCCCOC(C)c1ccc(OC(=O)c2ccc(CCCCCC)cc2)cc1. The smallest absolute Gasteiger partial charge is 0.343 e. The van der Waals surface area contributed by atoms with Crippen LogP contribution in [0.2, 0.25) is 0 Å². The molecule has 2 rings (SSSR count). The Morgan fingerprint density at radius 3 is 2.07 bits per heavy atom. The maximum Gasteiger partial charge on any atom is 0.343 e. The number of aryl methyl sites for hydroxylation is 1. The Morgan fingerprint density at radius 2 is 1.43 bits per heavy atom. The number of hydrogen-bond acceptors (Lipinski definition) is 3. The lowest BCUT2D eigenvalue weighted by Crippen LogP contribution is -2.08. The van der Waals surface area contributed by atoms with Crippen LogP contribution in [0.3, 0.4) is 0 Å². The summed E-state index contributed by atoms with van der Waals surface area (Å²) in [5.74, 6) is 0.239. The lowest BCUT2D eigenvalue weighted by molar-refractivity contribution is 0.0627. The van der Waals surface area contributed by atoms with E-state index in [9.17, 15) is 4.79 Å². The first kappa shape index (κ1) is 24.1. The average molecular weight is 411 g/mol. The summed E-state index contributed by atoms with van der Waals surface area (Å²) >= 11 is 0. The lowest BCUT2D eigenvalue weighted by atomic mass is 10.0. The van der Waals surface area contributed by atoms with Gasteiger partial charge in [0, 0.05) is 6.61 Å². The van der Waals surface area contributed by atoms with E-state index < -0.39 is 0 Å². The molecule has 1 unspecified atom stereocenters. The molecule has 0 radical (unpaired) electrons. The minimum Gasteiger partial charge on any atom is -0.423 e. The van der Waals surface area contributed by atoms with E-state index in [0.717, 1.165) is 25.0 Å². The number of carbonyl (C=O) groups excluding carboxylic acids is 1. The zero-order valence-corrected chi connectivity index (χ0v) is 19.0. The van der Waals surface area contributed by atoms with Crippen LogP contribution in [-0.4, -0.2) is 12.6 Å². The van der Waals surface area contributed by atoms with E-state index in [1.54, 1.807) is 0 Å². The molecule has 1 atom stereocenters. The minimum absolute atomic E-state index is 0.0428. The van der Waals surface area contributed by atoms with E-state index in [1.165, 1.54) is 50.5 Å². The van der Waals surface area contributed by atoms with E-state index in [4.69, 9.17) is 9.47 Å². The highest BCUT2D eigenvalue weighted by atomic mass is 16.5. The fraction of sp³-hybridized carbons (Fsp3) is 0.519. The summed E-state index contributed by atoms with van der Waals surface area (Å²) in [7, 11) is 0. The number of benzene rings is 2. The van der Waals surface area contributed by atoms with E-state index >= 15 is 0 Å². The van der Waals surface area contributed by atoms with Crippen LogP contribution in [0.25, 0.3) is 0 Å². The van der Waals surface area contributed by atoms with Gasteiger partial charge in [0.2, 0.25) is 0 Å². The number of rotatable bonds is 14. The third kappa shape index (κ3) is 8.71. The highest BCUT2D eigenvalue weighted by molar-refractivity contribution is 5.91. The van der Waals surface area contributed by atoms with Gasteiger partial charge in [-0.15, -0.1) is 0 Å². The second-order valence-electron chi connectivity index (χ2n) is 8.04. The third-order valence-corrected chi connectivity index (χ3v) is 5.43. The van der Waals surface area contributed by atoms with Gasteiger partial charge in [0.05, 0.1) is 11.7 Å². The molecule has 0 saturated carbocycles. The Morgan fingerprint density at radius 1 is 0.800 bits per heavy atom. The number of hydrogen-bond donors (Lipinski definition) is 0. The standard InChI is InChI=1S/C27H38O3/c1-4-6-8-10-12-23-13-15-25(16-14-23)27(28)30-26-19-17-24(18-20-26)22(3)29-21-11-9-7-5-2/h13-20,22H,4-12,21H2,1-3H3. The van der Waals surface area contributed by atoms with Gasteiger partial charge in [-0.25, -0.2) is 4.79 Å². The molecule has 2 aromatic carbocycles. The van der Waals surface area contributed by atoms with Crippen LogP contribution >= 0.6 is 0 Å². The number of carbonyl (C=O) groups is 1. The molecule has 0 aliphatic rings. The van der Waals surface area contributed by atoms with Crippen LogP contribution in [0.15, 0.2) is 48.5 Å². The predicted octanol–water partition coefficient (Wildman–Crippen LogP) is 7.69. The van der Waals surface area contributed by atoms with Crippen molar-refractivity contribution in [3.05, 3.63) is 65.2 Å². The zero-order chi connectivity index (χ0) is 21.6. The molecule has 0 saturated heterocycles. The van der Waals surface area contributed by atoms with Crippen molar-refractivity contribution >= 4 is 5.97 Å². The maximum absolute atomic E-state index is 12.4. The summed E-state index contributed by atoms with van der Waals surface area (Å²) in [6.07, 6.45) is 10.9. The molecular weight excluding hydrogens is 372 g/mol. The van der Waals surface area contributed by atoms with Gasteiger partial charge in [-0.05, 0) is 61.6 Å². The molecule has 164 valence electrons. The van der Waals surface area contributed by atoms with E-state index in [1.807, 2.05) is 48.5 Å². The fourth-order valence-corrected chi connectivity index (χ4v) is 3.42. The summed E-state index contributed by atoms with van der Waals surface area (Å²) in [6.45, 7) is 7.28. The highest BCUT2D eigenvalue weighted by Gasteiger charge is 2.10. The van der Waals surface area contributed by atoms with Crippen LogP contribution < -0.4 is 4.74 Å². The van der Waals surface area contributed by atoms with Crippen LogP contribution in [0.5, 0.6) is 5.75 Å². The first-order chi connectivity index (χ1) is 14.6. The molecule has 0 aliphatic carbocycles. The molecule has 0 N–H and O–H groups in total. The Labute approximate surface area is 182 Å². The van der Waals surface area contributed by atoms with Gasteiger partial charge in [-0.1, -0.05) is 76.6 Å². The second-order valence-corrected chi connectivity index (χ2v) is 8.04. The normalized spacial score (nSPS) is 12.0. The van der Waals surface area contributed by atoms with E-state index in [-0.39, 0.29) is 12.1 Å². The zero-order valence-electron chi connectivity index (χ0n) is 19.0. The van der Waals surface area contributed by atoms with E-state index in [2.05, 4.69) is 20.8 Å². The Hall–Kier alpha value is -2.13. The first-order valence-corrected chi connectivity index (χ1v) is 11.7. The maximum atomic E-state index is 12.4. The summed E-state index contributed by atoms with van der Waals surface area (Å²) in [5.41, 5.74) is 2.95. The molecule has 3 heteroatoms. The van der Waals surface area contributed by atoms with Gasteiger partial charge >= 0.3 is 5.97 Å². The van der Waals surface area contributed by atoms with Gasteiger partial charge in [0.1, 0.15) is 5.75 Å². The van der Waals surface area contributed by atoms with Crippen molar-refractivity contribution in [3.63, 3.8) is 0 Å². The molecule has 0 amide bonds. The fourth-order valence-electron chi connectivity index (χ4n) is 3.42. The Balaban J connectivity index is 1.79. The lowest BCUT2D eigenvalue weighted by Gasteiger charge is -2.14. The van der Waals surface area contributed by atoms with Crippen LogP contribution in [0.4, 0.5) is 0 Å². The van der Waals surface area contributed by atoms with Crippen molar-refractivity contribution in [2.24, 2.45) is 0 Å². The highest BCUT2D eigenvalue weighted by Crippen LogP contribution is 2.21. The summed E-state index contributed by atoms with van der Waals surface area (Å²) in [6, 6.07) is 15.4. The minimum atomic E-state index is -0.319. The number of ether oxygens (including phenoxy) is 2. The van der Waals surface area contributed by atoms with Crippen LogP contribution in [0, 0.1) is 0 Å². The number of unbranched alkanes of at least 4 members (excludes halogenated alkanes) is 6. The van der Waals surface area contributed by atoms with Crippen molar-refractivity contribution in [1.29, 1.82) is 0 Å². The first-order valence-electron chi connectivity index (χ1n) is 11.7. The van der Waals surface area contributed by atoms with Crippen LogP contribution in [0.1, 0.15) is 99.7 Å². The monoisotopic (exact) mass is 410 g/mol. The van der Waals surface area contributed by atoms with Crippen molar-refractivity contribution in [2.75, 3.05) is 6.61 Å². The quantitative estimate of drug-likeness (QED) is 0.182. The molecule has 0 heterocycles. The van der Waals surface area contributed by atoms with Gasteiger partial charge in [0.25, 0.3) is 0 Å².